The normalized spacial score (nSPS) is 29.5. The fourth-order valence-corrected chi connectivity index (χ4v) is 4.98. The molecule has 4 atom stereocenters. The van der Waals surface area contributed by atoms with E-state index < -0.39 is 0 Å². The summed E-state index contributed by atoms with van der Waals surface area (Å²) in [6, 6.07) is 0. The Kier molecular flexibility index (Phi) is 12.7. The van der Waals surface area contributed by atoms with Crippen LogP contribution in [0.4, 0.5) is 0 Å². The molecule has 0 N–H and O–H groups in total. The van der Waals surface area contributed by atoms with Gasteiger partial charge in [-0.05, 0) is 63.2 Å². The van der Waals surface area contributed by atoms with Gasteiger partial charge in [0.1, 0.15) is 0 Å². The van der Waals surface area contributed by atoms with Gasteiger partial charge in [0.2, 0.25) is 0 Å². The lowest BCUT2D eigenvalue weighted by Gasteiger charge is -2.50. The maximum absolute atomic E-state index is 2.55. The molecule has 4 aliphatic carbocycles. The molecule has 4 rings (SSSR count). The smallest absolute Gasteiger partial charge is 0.00653 e. The molecule has 4 aliphatic rings. The molecule has 0 aromatic heterocycles. The molecule has 4 unspecified atom stereocenters. The predicted octanol–water partition coefficient (Wildman–Crippen LogP) is 8.92. The van der Waals surface area contributed by atoms with E-state index in [0.29, 0.717) is 0 Å². The summed E-state index contributed by atoms with van der Waals surface area (Å²) in [6.07, 6.45) is 15.5. The molecule has 0 spiro atoms. The minimum absolute atomic E-state index is 0.835. The average Bonchev–Trinajstić information content (AvgIpc) is 2.71. The van der Waals surface area contributed by atoms with Crippen LogP contribution >= 0.6 is 0 Å². The number of allylic oxidation sites excluding steroid dienone is 8. The lowest BCUT2D eigenvalue weighted by Crippen LogP contribution is -2.40. The van der Waals surface area contributed by atoms with Crippen LogP contribution in [0.1, 0.15) is 94.9 Å². The zero-order valence-corrected chi connectivity index (χ0v) is 19.4. The van der Waals surface area contributed by atoms with Crippen molar-refractivity contribution in [2.24, 2.45) is 23.7 Å². The van der Waals surface area contributed by atoms with Crippen molar-refractivity contribution in [3.8, 4) is 0 Å². The fourth-order valence-electron chi connectivity index (χ4n) is 4.98. The third kappa shape index (κ3) is 5.48. The van der Waals surface area contributed by atoms with E-state index in [1.54, 1.807) is 11.1 Å². The zero-order valence-electron chi connectivity index (χ0n) is 19.4. The standard InChI is InChI=1S/C18H22.4C2H6/c1-11-7-13-3-5-15-9-12(2)10-16-6-4-14(8-11)17(13)18(15)16;4*1-2/h7-10,13,15,17-18H,3-6H2,1-2H3;4*1-2H3. The monoisotopic (exact) mass is 358 g/mol. The predicted molar refractivity (Wildman–Crippen MR) is 122 cm³/mol. The van der Waals surface area contributed by atoms with E-state index in [0.717, 1.165) is 23.7 Å². The van der Waals surface area contributed by atoms with Crippen LogP contribution in [0.15, 0.2) is 46.6 Å². The molecule has 0 radical (unpaired) electrons. The van der Waals surface area contributed by atoms with Gasteiger partial charge in [0.05, 0.1) is 0 Å². The molecule has 2 saturated carbocycles. The number of hydrogen-bond acceptors (Lipinski definition) is 0. The highest BCUT2D eigenvalue weighted by Crippen LogP contribution is 2.55. The van der Waals surface area contributed by atoms with Crippen LogP contribution in [-0.2, 0) is 0 Å². The quantitative estimate of drug-likeness (QED) is 0.405. The van der Waals surface area contributed by atoms with Crippen LogP contribution in [0.2, 0.25) is 0 Å². The average molecular weight is 359 g/mol. The van der Waals surface area contributed by atoms with Gasteiger partial charge in [0.25, 0.3) is 0 Å². The lowest BCUT2D eigenvalue weighted by atomic mass is 9.54. The molecule has 0 saturated heterocycles. The van der Waals surface area contributed by atoms with Gasteiger partial charge in [0, 0.05) is 0 Å². The molecule has 0 amide bonds. The largest absolute Gasteiger partial charge is 0.0779 e. The van der Waals surface area contributed by atoms with Crippen molar-refractivity contribution in [3.63, 3.8) is 0 Å². The zero-order chi connectivity index (χ0) is 20.3. The van der Waals surface area contributed by atoms with Crippen molar-refractivity contribution in [2.45, 2.75) is 94.9 Å². The van der Waals surface area contributed by atoms with Crippen LogP contribution in [0.25, 0.3) is 0 Å². The molecule has 0 heteroatoms. The molecule has 0 aliphatic heterocycles. The summed E-state index contributed by atoms with van der Waals surface area (Å²) in [5, 5.41) is 0. The topological polar surface area (TPSA) is 0 Å². The number of hydrogen-bond donors (Lipinski definition) is 0. The Balaban J connectivity index is 0.000000698. The minimum atomic E-state index is 0.835. The summed E-state index contributed by atoms with van der Waals surface area (Å²) >= 11 is 0. The van der Waals surface area contributed by atoms with Gasteiger partial charge in [-0.2, -0.15) is 0 Å². The Morgan fingerprint density at radius 2 is 0.885 bits per heavy atom. The van der Waals surface area contributed by atoms with E-state index in [9.17, 15) is 0 Å². The summed E-state index contributed by atoms with van der Waals surface area (Å²) in [6.45, 7) is 20.6. The maximum Gasteiger partial charge on any atom is -0.00653 e. The third-order valence-corrected chi connectivity index (χ3v) is 5.48. The van der Waals surface area contributed by atoms with Crippen molar-refractivity contribution >= 4 is 0 Å². The van der Waals surface area contributed by atoms with Gasteiger partial charge in [-0.25, -0.2) is 0 Å². The van der Waals surface area contributed by atoms with E-state index >= 15 is 0 Å². The van der Waals surface area contributed by atoms with E-state index in [1.165, 1.54) is 36.8 Å². The first-order chi connectivity index (χ1) is 12.7. The van der Waals surface area contributed by atoms with Gasteiger partial charge >= 0.3 is 0 Å². The van der Waals surface area contributed by atoms with Crippen molar-refractivity contribution < 1.29 is 0 Å². The van der Waals surface area contributed by atoms with E-state index in [1.807, 2.05) is 55.4 Å². The van der Waals surface area contributed by atoms with Gasteiger partial charge < -0.3 is 0 Å². The first-order valence-corrected chi connectivity index (χ1v) is 11.5. The lowest BCUT2D eigenvalue weighted by molar-refractivity contribution is 0.172. The second-order valence-electron chi connectivity index (χ2n) is 6.72. The fraction of sp³-hybridized carbons (Fsp3) is 0.692. The second-order valence-corrected chi connectivity index (χ2v) is 6.72. The molecule has 0 aromatic carbocycles. The summed E-state index contributed by atoms with van der Waals surface area (Å²) in [5.74, 6) is 3.36. The van der Waals surface area contributed by atoms with Gasteiger partial charge in [-0.1, -0.05) is 102 Å². The van der Waals surface area contributed by atoms with E-state index in [2.05, 4.69) is 38.2 Å². The first kappa shape index (κ1) is 25.0. The van der Waals surface area contributed by atoms with Crippen molar-refractivity contribution in [2.75, 3.05) is 0 Å². The molecular formula is C26H46. The summed E-state index contributed by atoms with van der Waals surface area (Å²) in [4.78, 5) is 0. The van der Waals surface area contributed by atoms with Crippen LogP contribution < -0.4 is 0 Å². The highest BCUT2D eigenvalue weighted by Gasteiger charge is 2.45. The molecule has 0 nitrogen and oxygen atoms in total. The first-order valence-electron chi connectivity index (χ1n) is 11.5. The van der Waals surface area contributed by atoms with Crippen LogP contribution in [0.3, 0.4) is 0 Å². The SMILES string of the molecule is CC.CC.CC.CC.CC1=CC2CCC3C=C(C)C=C4CCC(=C1)C2C43. The molecule has 0 bridgehead atoms. The Bertz CT molecular complexity index is 464. The van der Waals surface area contributed by atoms with Crippen molar-refractivity contribution in [1.82, 2.24) is 0 Å². The van der Waals surface area contributed by atoms with E-state index in [-0.39, 0.29) is 0 Å². The van der Waals surface area contributed by atoms with Crippen molar-refractivity contribution in [1.29, 1.82) is 0 Å². The minimum Gasteiger partial charge on any atom is -0.0779 e. The Morgan fingerprint density at radius 3 is 1.19 bits per heavy atom. The van der Waals surface area contributed by atoms with Gasteiger partial charge in [0.15, 0.2) is 0 Å². The Morgan fingerprint density at radius 1 is 0.577 bits per heavy atom. The highest BCUT2D eigenvalue weighted by atomic mass is 14.5. The summed E-state index contributed by atoms with van der Waals surface area (Å²) < 4.78 is 0. The molecule has 0 aromatic rings. The van der Waals surface area contributed by atoms with Crippen LogP contribution in [0, 0.1) is 23.7 Å². The maximum atomic E-state index is 2.55. The van der Waals surface area contributed by atoms with Gasteiger partial charge in [-0.15, -0.1) is 0 Å². The van der Waals surface area contributed by atoms with Crippen LogP contribution in [0.5, 0.6) is 0 Å². The summed E-state index contributed by atoms with van der Waals surface area (Å²) in [5.41, 5.74) is 6.55. The molecular weight excluding hydrogens is 312 g/mol. The second kappa shape index (κ2) is 13.2. The summed E-state index contributed by atoms with van der Waals surface area (Å²) in [7, 11) is 0. The van der Waals surface area contributed by atoms with E-state index in [4.69, 9.17) is 0 Å². The Labute approximate surface area is 165 Å². The molecule has 2 fully saturated rings. The highest BCUT2D eigenvalue weighted by molar-refractivity contribution is 5.41. The third-order valence-electron chi connectivity index (χ3n) is 5.48. The van der Waals surface area contributed by atoms with Crippen molar-refractivity contribution in [3.05, 3.63) is 46.6 Å². The molecule has 150 valence electrons. The molecule has 0 heterocycles. The van der Waals surface area contributed by atoms with Gasteiger partial charge in [-0.3, -0.25) is 0 Å². The van der Waals surface area contributed by atoms with Crippen LogP contribution in [-0.4, -0.2) is 0 Å². The Hall–Kier alpha value is -1.04. The number of rotatable bonds is 0. The molecule has 26 heavy (non-hydrogen) atoms.